The minimum Gasteiger partial charge on any atom is -0.507 e. The normalized spacial score (nSPS) is 35.0. The smallest absolute Gasteiger partial charge is 0.127 e. The summed E-state index contributed by atoms with van der Waals surface area (Å²) in [6.45, 7) is 22.2. The van der Waals surface area contributed by atoms with Gasteiger partial charge in [0, 0.05) is 50.4 Å². The van der Waals surface area contributed by atoms with Gasteiger partial charge in [0.1, 0.15) is 17.1 Å². The molecular weight excluding hydrogens is 552 g/mol. The summed E-state index contributed by atoms with van der Waals surface area (Å²) in [6, 6.07) is 0. The molecule has 0 aromatic heterocycles. The number of hydrogen-bond acceptors (Lipinski definition) is 4. The van der Waals surface area contributed by atoms with Gasteiger partial charge in [-0.05, 0) is 152 Å². The Hall–Kier alpha value is -2.04. The molecule has 0 radical (unpaired) electrons. The van der Waals surface area contributed by atoms with Crippen LogP contribution in [0.3, 0.4) is 0 Å². The highest BCUT2D eigenvalue weighted by atomic mass is 16.5. The van der Waals surface area contributed by atoms with Gasteiger partial charge in [-0.25, -0.2) is 0 Å². The fourth-order valence-corrected chi connectivity index (χ4v) is 10.5. The Labute approximate surface area is 274 Å². The highest BCUT2D eigenvalue weighted by Crippen LogP contribution is 3.05. The molecule has 45 heavy (non-hydrogen) atoms. The van der Waals surface area contributed by atoms with E-state index in [9.17, 15) is 5.11 Å². The van der Waals surface area contributed by atoms with Gasteiger partial charge in [0.05, 0.1) is 0 Å². The second-order valence-electron chi connectivity index (χ2n) is 16.7. The molecule has 1 aromatic carbocycles. The van der Waals surface area contributed by atoms with Crippen LogP contribution < -0.4 is 4.74 Å². The van der Waals surface area contributed by atoms with Crippen LogP contribution in [0.1, 0.15) is 108 Å². The van der Waals surface area contributed by atoms with Crippen LogP contribution in [-0.4, -0.2) is 53.2 Å². The van der Waals surface area contributed by atoms with Crippen molar-refractivity contribution in [1.29, 1.82) is 0 Å². The highest BCUT2D eigenvalue weighted by Gasteiger charge is 3.02. The zero-order valence-corrected chi connectivity index (χ0v) is 29.5. The fourth-order valence-electron chi connectivity index (χ4n) is 10.5. The molecule has 1 aromatic rings. The van der Waals surface area contributed by atoms with Crippen molar-refractivity contribution >= 4 is 0 Å². The molecule has 2 aliphatic heterocycles. The molecular formula is C41H60N2O2. The van der Waals surface area contributed by atoms with Crippen molar-refractivity contribution in [2.45, 2.75) is 118 Å². The molecule has 2 heterocycles. The molecule has 0 amide bonds. The van der Waals surface area contributed by atoms with Gasteiger partial charge in [0.25, 0.3) is 0 Å². The van der Waals surface area contributed by atoms with Gasteiger partial charge in [-0.3, -0.25) is 4.90 Å². The number of fused-ring (bicyclic) bond motifs is 3. The predicted molar refractivity (Wildman–Crippen MR) is 186 cm³/mol. The molecule has 4 saturated carbocycles. The number of hydrogen-bond donors (Lipinski definition) is 1. The summed E-state index contributed by atoms with van der Waals surface area (Å²) in [6.07, 6.45) is 17.4. The third-order valence-corrected chi connectivity index (χ3v) is 13.6. The number of aromatic hydroxyl groups is 1. The minimum absolute atomic E-state index is 0.162. The molecule has 6 aliphatic rings. The van der Waals surface area contributed by atoms with E-state index in [1.165, 1.54) is 60.2 Å². The topological polar surface area (TPSA) is 35.9 Å². The van der Waals surface area contributed by atoms with Crippen molar-refractivity contribution in [3.63, 3.8) is 0 Å². The second-order valence-corrected chi connectivity index (χ2v) is 16.7. The Bertz CT molecular complexity index is 1410. The van der Waals surface area contributed by atoms with Crippen LogP contribution in [0.4, 0.5) is 0 Å². The highest BCUT2D eigenvalue weighted by molar-refractivity contribution is 5.59. The molecule has 1 N–H and O–H groups in total. The third kappa shape index (κ3) is 5.54. The Morgan fingerprint density at radius 3 is 2.16 bits per heavy atom. The first kappa shape index (κ1) is 31.6. The molecule has 1 saturated heterocycles. The van der Waals surface area contributed by atoms with Gasteiger partial charge in [-0.2, -0.15) is 0 Å². The Morgan fingerprint density at radius 1 is 0.867 bits per heavy atom. The van der Waals surface area contributed by atoms with Gasteiger partial charge in [-0.15, -0.1) is 0 Å². The SMILES string of the molecule is CC(C)=CCCC(C)=CCCC(C)=CCCC1(C)CCc2c(CN3CCN(CC4C5CC6C7C4C567)CC3)c(O)c(C)c(C)c2O1. The van der Waals surface area contributed by atoms with E-state index in [-0.39, 0.29) is 5.60 Å². The first-order chi connectivity index (χ1) is 21.5. The van der Waals surface area contributed by atoms with Crippen LogP contribution in [0, 0.1) is 48.9 Å². The van der Waals surface area contributed by atoms with Crippen molar-refractivity contribution in [3.05, 3.63) is 57.2 Å². The first-order valence-electron chi connectivity index (χ1n) is 18.5. The molecule has 4 nitrogen and oxygen atoms in total. The average Bonchev–Trinajstić information content (AvgIpc) is 3.85. The number of benzene rings is 1. The van der Waals surface area contributed by atoms with Gasteiger partial charge in [0.2, 0.25) is 0 Å². The van der Waals surface area contributed by atoms with Crippen molar-refractivity contribution in [2.75, 3.05) is 32.7 Å². The van der Waals surface area contributed by atoms with E-state index in [4.69, 9.17) is 4.74 Å². The number of phenols is 1. The molecule has 7 rings (SSSR count). The number of allylic oxidation sites excluding steroid dienone is 6. The standard InChI is InChI=1S/C41H60N2O2/c1-26(2)11-8-12-27(3)13-9-14-28(4)15-10-17-40(7)18-16-31-32(38(44)29(5)30(6)39(31)45-40)24-42-19-21-43(22-20-42)25-33-34-23-35-37-36(33)41(34,35)37/h11,13,15,33-37,44H,8-10,12,14,16-25H2,1-7H3. The summed E-state index contributed by atoms with van der Waals surface area (Å²) in [7, 11) is 0. The summed E-state index contributed by atoms with van der Waals surface area (Å²) in [4.78, 5) is 5.34. The van der Waals surface area contributed by atoms with Crippen LogP contribution in [0.2, 0.25) is 0 Å². The quantitative estimate of drug-likeness (QED) is 0.226. The lowest BCUT2D eigenvalue weighted by Crippen LogP contribution is -2.56. The van der Waals surface area contributed by atoms with E-state index in [0.29, 0.717) is 5.75 Å². The zero-order chi connectivity index (χ0) is 31.7. The summed E-state index contributed by atoms with van der Waals surface area (Å²) in [5, 5.41) is 11.4. The molecule has 0 bridgehead atoms. The predicted octanol–water partition coefficient (Wildman–Crippen LogP) is 8.92. The van der Waals surface area contributed by atoms with Crippen molar-refractivity contribution < 1.29 is 9.84 Å². The summed E-state index contributed by atoms with van der Waals surface area (Å²) in [5.41, 5.74) is 9.70. The number of piperazine rings is 1. The Morgan fingerprint density at radius 2 is 1.53 bits per heavy atom. The van der Waals surface area contributed by atoms with E-state index in [0.717, 1.165) is 110 Å². The van der Waals surface area contributed by atoms with Crippen molar-refractivity contribution in [2.24, 2.45) is 35.0 Å². The van der Waals surface area contributed by atoms with E-state index in [1.807, 2.05) is 0 Å². The van der Waals surface area contributed by atoms with Gasteiger partial charge in [-0.1, -0.05) is 34.9 Å². The van der Waals surface area contributed by atoms with Gasteiger partial charge < -0.3 is 14.7 Å². The summed E-state index contributed by atoms with van der Waals surface area (Å²) >= 11 is 0. The average molecular weight is 613 g/mol. The monoisotopic (exact) mass is 612 g/mol. The van der Waals surface area contributed by atoms with Crippen molar-refractivity contribution in [1.82, 2.24) is 9.80 Å². The van der Waals surface area contributed by atoms with Crippen LogP contribution in [0.5, 0.6) is 11.5 Å². The molecule has 4 aliphatic carbocycles. The Kier molecular flexibility index (Phi) is 8.33. The number of nitrogens with zero attached hydrogens (tertiary/aromatic N) is 2. The third-order valence-electron chi connectivity index (χ3n) is 13.6. The van der Waals surface area contributed by atoms with E-state index >= 15 is 0 Å². The fraction of sp³-hybridized carbons (Fsp3) is 0.707. The maximum absolute atomic E-state index is 11.4. The molecule has 1 spiro atoms. The molecule has 5 fully saturated rings. The van der Waals surface area contributed by atoms with Gasteiger partial charge in [0.15, 0.2) is 0 Å². The van der Waals surface area contributed by atoms with Gasteiger partial charge >= 0.3 is 0 Å². The van der Waals surface area contributed by atoms with Crippen LogP contribution >= 0.6 is 0 Å². The molecule has 246 valence electrons. The van der Waals surface area contributed by atoms with Crippen molar-refractivity contribution in [3.8, 4) is 11.5 Å². The number of phenolic OH excluding ortho intramolecular Hbond substituents is 1. The maximum Gasteiger partial charge on any atom is 0.127 e. The lowest BCUT2D eigenvalue weighted by molar-refractivity contribution is -0.0836. The Balaban J connectivity index is 0.905. The number of rotatable bonds is 13. The molecule has 4 heteroatoms. The molecule has 7 unspecified atom stereocenters. The van der Waals surface area contributed by atoms with E-state index in [1.54, 1.807) is 6.42 Å². The van der Waals surface area contributed by atoms with E-state index in [2.05, 4.69) is 76.5 Å². The molecule has 7 atom stereocenters. The number of ether oxygens (including phenoxy) is 1. The van der Waals surface area contributed by atoms with E-state index < -0.39 is 0 Å². The minimum atomic E-state index is -0.162. The van der Waals surface area contributed by atoms with Crippen LogP contribution in [0.15, 0.2) is 34.9 Å². The second kappa shape index (κ2) is 11.9. The largest absolute Gasteiger partial charge is 0.507 e. The summed E-state index contributed by atoms with van der Waals surface area (Å²) < 4.78 is 6.90. The lowest BCUT2D eigenvalue weighted by atomic mass is 9.50. The zero-order valence-electron chi connectivity index (χ0n) is 29.5. The van der Waals surface area contributed by atoms with Crippen LogP contribution in [-0.2, 0) is 13.0 Å². The first-order valence-corrected chi connectivity index (χ1v) is 18.5. The maximum atomic E-state index is 11.4. The van der Waals surface area contributed by atoms with Crippen LogP contribution in [0.25, 0.3) is 0 Å². The summed E-state index contributed by atoms with van der Waals surface area (Å²) in [5.74, 6) is 7.22. The lowest BCUT2D eigenvalue weighted by Gasteiger charge is -2.56.